The number of aromatic nitrogens is 4. The molecule has 1 fully saturated rings. The molecule has 0 amide bonds. The van der Waals surface area contributed by atoms with Gasteiger partial charge in [0.2, 0.25) is 0 Å². The lowest BCUT2D eigenvalue weighted by molar-refractivity contribution is 0.0358. The van der Waals surface area contributed by atoms with Gasteiger partial charge >= 0.3 is 0 Å². The summed E-state index contributed by atoms with van der Waals surface area (Å²) in [5, 5.41) is 4.57. The van der Waals surface area contributed by atoms with Crippen LogP contribution < -0.4 is 5.56 Å². The van der Waals surface area contributed by atoms with E-state index in [0.29, 0.717) is 6.54 Å². The number of hydrogen-bond donors (Lipinski definition) is 0. The zero-order chi connectivity index (χ0) is 17.8. The van der Waals surface area contributed by atoms with Crippen molar-refractivity contribution in [3.63, 3.8) is 0 Å². The number of rotatable bonds is 6. The standard InChI is InChI=1S/C18H21N5O2S.ClH/c24-18-4-2-16(20-23(18)8-7-21-9-11-25-12-10-21)17-3-1-15(26-17)13-22-6-5-19-14-22;/h1-6,14H,7-13H2;1H. The van der Waals surface area contributed by atoms with E-state index in [1.54, 1.807) is 34.3 Å². The summed E-state index contributed by atoms with van der Waals surface area (Å²) >= 11 is 1.69. The van der Waals surface area contributed by atoms with Crippen molar-refractivity contribution in [2.75, 3.05) is 32.8 Å². The van der Waals surface area contributed by atoms with Crippen molar-refractivity contribution in [2.45, 2.75) is 13.1 Å². The first-order valence-corrected chi connectivity index (χ1v) is 9.53. The van der Waals surface area contributed by atoms with Gasteiger partial charge in [-0.25, -0.2) is 9.67 Å². The molecule has 1 aliphatic rings. The van der Waals surface area contributed by atoms with Gasteiger partial charge in [-0.15, -0.1) is 23.7 Å². The molecule has 0 unspecified atom stereocenters. The molecule has 0 radical (unpaired) electrons. The van der Waals surface area contributed by atoms with Crippen LogP contribution >= 0.6 is 23.7 Å². The van der Waals surface area contributed by atoms with Gasteiger partial charge in [0.05, 0.1) is 37.5 Å². The zero-order valence-electron chi connectivity index (χ0n) is 14.9. The maximum atomic E-state index is 12.1. The summed E-state index contributed by atoms with van der Waals surface area (Å²) in [5.74, 6) is 0. The third-order valence-corrected chi connectivity index (χ3v) is 5.50. The Morgan fingerprint density at radius 1 is 1.11 bits per heavy atom. The quantitative estimate of drug-likeness (QED) is 0.625. The topological polar surface area (TPSA) is 65.2 Å². The largest absolute Gasteiger partial charge is 0.379 e. The molecule has 0 N–H and O–H groups in total. The van der Waals surface area contributed by atoms with Crippen molar-refractivity contribution >= 4 is 23.7 Å². The van der Waals surface area contributed by atoms with E-state index in [-0.39, 0.29) is 18.0 Å². The fourth-order valence-corrected chi connectivity index (χ4v) is 3.94. The van der Waals surface area contributed by atoms with Crippen molar-refractivity contribution in [2.24, 2.45) is 0 Å². The van der Waals surface area contributed by atoms with Gasteiger partial charge in [-0.1, -0.05) is 0 Å². The van der Waals surface area contributed by atoms with Crippen molar-refractivity contribution in [3.05, 3.63) is 58.2 Å². The number of imidazole rings is 1. The summed E-state index contributed by atoms with van der Waals surface area (Å²) < 4.78 is 8.97. The molecule has 9 heteroatoms. The molecular weight excluding hydrogens is 386 g/mol. The minimum atomic E-state index is -0.0581. The molecule has 1 saturated heterocycles. The Balaban J connectivity index is 0.00000210. The van der Waals surface area contributed by atoms with Crippen LogP contribution in [0.15, 0.2) is 47.8 Å². The molecule has 0 aliphatic carbocycles. The van der Waals surface area contributed by atoms with E-state index in [0.717, 1.165) is 50.0 Å². The second-order valence-corrected chi connectivity index (χ2v) is 7.40. The molecule has 3 aromatic rings. The number of nitrogens with zero attached hydrogens (tertiary/aromatic N) is 5. The van der Waals surface area contributed by atoms with E-state index in [1.807, 2.05) is 17.1 Å². The Kier molecular flexibility index (Phi) is 6.78. The van der Waals surface area contributed by atoms with E-state index in [2.05, 4.69) is 27.1 Å². The van der Waals surface area contributed by atoms with Crippen molar-refractivity contribution in [1.82, 2.24) is 24.2 Å². The Bertz CT molecular complexity index is 903. The molecular formula is C18H22ClN5O2S. The van der Waals surface area contributed by atoms with Gasteiger partial charge in [-0.05, 0) is 18.2 Å². The van der Waals surface area contributed by atoms with Gasteiger partial charge in [0.15, 0.2) is 0 Å². The van der Waals surface area contributed by atoms with Gasteiger partial charge < -0.3 is 9.30 Å². The zero-order valence-corrected chi connectivity index (χ0v) is 16.5. The molecule has 1 aliphatic heterocycles. The SMILES string of the molecule is Cl.O=c1ccc(-c2ccc(Cn3ccnc3)s2)nn1CCN1CCOCC1. The van der Waals surface area contributed by atoms with Gasteiger partial charge in [0.1, 0.15) is 5.69 Å². The molecule has 0 saturated carbocycles. The number of morpholine rings is 1. The molecule has 7 nitrogen and oxygen atoms in total. The lowest BCUT2D eigenvalue weighted by atomic mass is 10.3. The molecule has 0 atom stereocenters. The molecule has 0 spiro atoms. The summed E-state index contributed by atoms with van der Waals surface area (Å²) in [5.41, 5.74) is 0.783. The summed E-state index contributed by atoms with van der Waals surface area (Å²) in [7, 11) is 0. The van der Waals surface area contributed by atoms with Crippen LogP contribution in [0, 0.1) is 0 Å². The van der Waals surface area contributed by atoms with E-state index >= 15 is 0 Å². The fourth-order valence-electron chi connectivity index (χ4n) is 2.96. The predicted molar refractivity (Wildman–Crippen MR) is 108 cm³/mol. The van der Waals surface area contributed by atoms with Gasteiger partial charge in [0, 0.05) is 43.0 Å². The van der Waals surface area contributed by atoms with Crippen LogP contribution in [0.2, 0.25) is 0 Å². The van der Waals surface area contributed by atoms with E-state index in [9.17, 15) is 4.79 Å². The van der Waals surface area contributed by atoms with Crippen LogP contribution in [0.1, 0.15) is 4.88 Å². The molecule has 27 heavy (non-hydrogen) atoms. The third-order valence-electron chi connectivity index (χ3n) is 4.41. The molecule has 4 rings (SSSR count). The van der Waals surface area contributed by atoms with Crippen molar-refractivity contribution in [3.8, 4) is 10.6 Å². The van der Waals surface area contributed by atoms with Gasteiger partial charge in [0.25, 0.3) is 5.56 Å². The average Bonchev–Trinajstić information content (AvgIpc) is 3.35. The van der Waals surface area contributed by atoms with E-state index < -0.39 is 0 Å². The third kappa shape index (κ3) is 5.04. The molecule has 4 heterocycles. The number of halogens is 1. The fraction of sp³-hybridized carbons (Fsp3) is 0.389. The maximum absolute atomic E-state index is 12.1. The second-order valence-electron chi connectivity index (χ2n) is 6.23. The smallest absolute Gasteiger partial charge is 0.266 e. The number of hydrogen-bond acceptors (Lipinski definition) is 6. The van der Waals surface area contributed by atoms with Crippen LogP contribution in [0.4, 0.5) is 0 Å². The van der Waals surface area contributed by atoms with Crippen LogP contribution in [-0.2, 0) is 17.8 Å². The lowest BCUT2D eigenvalue weighted by Gasteiger charge is -2.26. The van der Waals surface area contributed by atoms with Crippen LogP contribution in [0.5, 0.6) is 0 Å². The summed E-state index contributed by atoms with van der Waals surface area (Å²) in [6.45, 7) is 5.56. The Morgan fingerprint density at radius 2 is 1.96 bits per heavy atom. The predicted octanol–water partition coefficient (Wildman–Crippen LogP) is 1.97. The summed E-state index contributed by atoms with van der Waals surface area (Å²) in [6.07, 6.45) is 5.54. The normalized spacial score (nSPS) is 14.8. The van der Waals surface area contributed by atoms with Crippen LogP contribution in [0.25, 0.3) is 10.6 Å². The Labute approximate surface area is 167 Å². The van der Waals surface area contributed by atoms with E-state index in [1.165, 1.54) is 4.88 Å². The minimum Gasteiger partial charge on any atom is -0.379 e. The first kappa shape index (κ1) is 19.8. The molecule has 0 bridgehead atoms. The summed E-state index contributed by atoms with van der Waals surface area (Å²) in [6, 6.07) is 7.58. The monoisotopic (exact) mass is 407 g/mol. The van der Waals surface area contributed by atoms with Gasteiger partial charge in [-0.3, -0.25) is 9.69 Å². The van der Waals surface area contributed by atoms with Crippen LogP contribution in [0.3, 0.4) is 0 Å². The van der Waals surface area contributed by atoms with Crippen LogP contribution in [-0.4, -0.2) is 57.1 Å². The van der Waals surface area contributed by atoms with Crippen molar-refractivity contribution in [1.29, 1.82) is 0 Å². The van der Waals surface area contributed by atoms with Crippen molar-refractivity contribution < 1.29 is 4.74 Å². The highest BCUT2D eigenvalue weighted by atomic mass is 35.5. The second kappa shape index (κ2) is 9.27. The first-order chi connectivity index (χ1) is 12.8. The summed E-state index contributed by atoms with van der Waals surface area (Å²) in [4.78, 5) is 20.8. The highest BCUT2D eigenvalue weighted by Crippen LogP contribution is 2.26. The average molecular weight is 408 g/mol. The highest BCUT2D eigenvalue weighted by molar-refractivity contribution is 7.15. The first-order valence-electron chi connectivity index (χ1n) is 8.71. The lowest BCUT2D eigenvalue weighted by Crippen LogP contribution is -2.39. The number of thiophene rings is 1. The number of ether oxygens (including phenoxy) is 1. The Hall–Kier alpha value is -2.00. The Morgan fingerprint density at radius 3 is 2.74 bits per heavy atom. The van der Waals surface area contributed by atoms with E-state index in [4.69, 9.17) is 4.74 Å². The molecule has 144 valence electrons. The maximum Gasteiger partial charge on any atom is 0.266 e. The highest BCUT2D eigenvalue weighted by Gasteiger charge is 2.12. The van der Waals surface area contributed by atoms with Gasteiger partial charge in [-0.2, -0.15) is 5.10 Å². The molecule has 3 aromatic heterocycles. The molecule has 0 aromatic carbocycles. The minimum absolute atomic E-state index is 0.